The molecule has 0 saturated carbocycles. The highest BCUT2D eigenvalue weighted by atomic mass is 15.1. The standard InChI is InChI=1S/2C23H19N.3C21H17N/c1-24(23-13-7-11-20-10-5-6-12-22(20)23)21-16-14-19(15-17-21)18-8-3-2-4-9-18;1-24(23-16-13-19-9-5-6-10-21(19)17-23)22-14-11-20(12-15-22)18-7-3-2-4-8-18;1-22(20-14-6-10-16-8-2-4-12-18(16)20)21-15-7-11-17-9-3-5-13-19(17)21;1-22(20-12-10-16-6-2-4-8-18(16)14-20)21-13-11-17-7-3-5-9-19(17)15-21;1-22(19-14-13-16-7-2-3-9-18(16)15-19)21-12-6-10-17-8-4-5-11-20(17)21/h2*2-17H,1H3;3*2-15H,1H3. The first-order chi connectivity index (χ1) is 56.1. The number of fused-ring (bicyclic) bond motifs is 8. The van der Waals surface area contributed by atoms with E-state index >= 15 is 0 Å². The van der Waals surface area contributed by atoms with Crippen LogP contribution in [0.2, 0.25) is 0 Å². The highest BCUT2D eigenvalue weighted by molar-refractivity contribution is 6.03. The van der Waals surface area contributed by atoms with E-state index < -0.39 is 0 Å². The highest BCUT2D eigenvalue weighted by Gasteiger charge is 2.15. The van der Waals surface area contributed by atoms with Crippen molar-refractivity contribution in [3.8, 4) is 22.3 Å². The molecule has 550 valence electrons. The average molecular weight is 1470 g/mol. The predicted molar refractivity (Wildman–Crippen MR) is 496 cm³/mol. The third-order valence-electron chi connectivity index (χ3n) is 21.7. The Labute approximate surface area is 669 Å². The molecule has 0 aliphatic carbocycles. The van der Waals surface area contributed by atoms with Crippen LogP contribution in [-0.2, 0) is 0 Å². The molecule has 0 atom stereocenters. The topological polar surface area (TPSA) is 16.2 Å². The van der Waals surface area contributed by atoms with Crippen molar-refractivity contribution in [2.45, 2.75) is 0 Å². The van der Waals surface area contributed by atoms with Crippen molar-refractivity contribution in [2.24, 2.45) is 0 Å². The molecule has 0 heterocycles. The second-order valence-electron chi connectivity index (χ2n) is 28.7. The van der Waals surface area contributed by atoms with E-state index in [9.17, 15) is 0 Å². The second-order valence-corrected chi connectivity index (χ2v) is 28.7. The molecular formula is C109H89N5. The molecule has 0 radical (unpaired) electrons. The molecule has 0 unspecified atom stereocenters. The van der Waals surface area contributed by atoms with Crippen molar-refractivity contribution in [2.75, 3.05) is 59.7 Å². The quantitative estimate of drug-likeness (QED) is 0.121. The fourth-order valence-corrected chi connectivity index (χ4v) is 15.3. The van der Waals surface area contributed by atoms with E-state index in [0.29, 0.717) is 0 Å². The van der Waals surface area contributed by atoms with Gasteiger partial charge in [-0.2, -0.15) is 0 Å². The van der Waals surface area contributed by atoms with Crippen molar-refractivity contribution >= 4 is 143 Å². The summed E-state index contributed by atoms with van der Waals surface area (Å²) in [5, 5.41) is 20.4. The normalized spacial score (nSPS) is 10.9. The number of anilines is 10. The van der Waals surface area contributed by atoms with Gasteiger partial charge in [0.05, 0.1) is 0 Å². The predicted octanol–water partition coefficient (Wildman–Crippen LogP) is 29.8. The Balaban J connectivity index is 0.000000107. The molecule has 0 saturated heterocycles. The zero-order chi connectivity index (χ0) is 77.5. The summed E-state index contributed by atoms with van der Waals surface area (Å²) in [4.78, 5) is 11.2. The number of hydrogen-bond acceptors (Lipinski definition) is 5. The lowest BCUT2D eigenvalue weighted by Crippen LogP contribution is -2.10. The average Bonchev–Trinajstić information content (AvgIpc) is 0.784. The number of hydrogen-bond donors (Lipinski definition) is 0. The van der Waals surface area contributed by atoms with Crippen molar-refractivity contribution < 1.29 is 0 Å². The van der Waals surface area contributed by atoms with Crippen LogP contribution in [0.4, 0.5) is 56.9 Å². The molecule has 0 aliphatic rings. The summed E-state index contributed by atoms with van der Waals surface area (Å²) >= 11 is 0. The van der Waals surface area contributed by atoms with E-state index in [1.807, 2.05) is 12.1 Å². The number of benzene rings is 20. The van der Waals surface area contributed by atoms with Crippen molar-refractivity contribution in [1.29, 1.82) is 0 Å². The summed E-state index contributed by atoms with van der Waals surface area (Å²) in [7, 11) is 10.6. The van der Waals surface area contributed by atoms with Gasteiger partial charge < -0.3 is 24.5 Å². The fourth-order valence-electron chi connectivity index (χ4n) is 15.3. The second kappa shape index (κ2) is 34.6. The van der Waals surface area contributed by atoms with Crippen LogP contribution in [0.15, 0.2) is 449 Å². The zero-order valence-electron chi connectivity index (χ0n) is 65.0. The van der Waals surface area contributed by atoms with E-state index in [-0.39, 0.29) is 0 Å². The Hall–Kier alpha value is -14.5. The third kappa shape index (κ3) is 16.6. The maximum atomic E-state index is 2.28. The SMILES string of the molecule is CN(c1ccc(-c2ccccc2)cc1)c1ccc2ccccc2c1.CN(c1ccc(-c2ccccc2)cc1)c1cccc2ccccc12.CN(c1ccc2ccccc2c1)c1ccc2ccccc2c1.CN(c1ccc2ccccc2c1)c1cccc2ccccc12.CN(c1cccc2ccccc12)c1cccc2ccccc12. The van der Waals surface area contributed by atoms with Gasteiger partial charge in [-0.1, -0.05) is 352 Å². The molecule has 0 N–H and O–H groups in total. The first-order valence-electron chi connectivity index (χ1n) is 39.0. The van der Waals surface area contributed by atoms with Gasteiger partial charge in [0.2, 0.25) is 0 Å². The van der Waals surface area contributed by atoms with Crippen LogP contribution < -0.4 is 24.5 Å². The van der Waals surface area contributed by atoms with Crippen LogP contribution in [0.25, 0.3) is 108 Å². The Morgan fingerprint density at radius 2 is 0.316 bits per heavy atom. The van der Waals surface area contributed by atoms with Gasteiger partial charge >= 0.3 is 0 Å². The van der Waals surface area contributed by atoms with Crippen LogP contribution in [0.3, 0.4) is 0 Å². The molecule has 0 bridgehead atoms. The molecule has 20 aromatic carbocycles. The summed E-state index contributed by atoms with van der Waals surface area (Å²) in [5.74, 6) is 0. The van der Waals surface area contributed by atoms with Gasteiger partial charge in [-0.15, -0.1) is 0 Å². The van der Waals surface area contributed by atoms with Gasteiger partial charge in [0.15, 0.2) is 0 Å². The van der Waals surface area contributed by atoms with Crippen LogP contribution in [0.1, 0.15) is 0 Å². The molecular weight excluding hydrogens is 1380 g/mol. The molecule has 0 amide bonds. The van der Waals surface area contributed by atoms with Gasteiger partial charge in [0.25, 0.3) is 0 Å². The molecule has 114 heavy (non-hydrogen) atoms. The number of nitrogens with zero attached hydrogens (tertiary/aromatic N) is 5. The molecule has 20 aromatic rings. The summed E-state index contributed by atoms with van der Waals surface area (Å²) in [6, 6.07) is 159. The monoisotopic (exact) mass is 1470 g/mol. The molecule has 20 rings (SSSR count). The van der Waals surface area contributed by atoms with Gasteiger partial charge in [-0.05, 0) is 184 Å². The lowest BCUT2D eigenvalue weighted by molar-refractivity contribution is 1.21. The Kier molecular flexibility index (Phi) is 22.3. The lowest BCUT2D eigenvalue weighted by Gasteiger charge is -2.23. The first-order valence-corrected chi connectivity index (χ1v) is 39.0. The molecule has 5 heteroatoms. The maximum absolute atomic E-state index is 2.28. The minimum absolute atomic E-state index is 1.19. The smallest absolute Gasteiger partial charge is 0.0487 e. The van der Waals surface area contributed by atoms with E-state index in [4.69, 9.17) is 0 Å². The van der Waals surface area contributed by atoms with Crippen LogP contribution >= 0.6 is 0 Å². The zero-order valence-corrected chi connectivity index (χ0v) is 65.0. The maximum Gasteiger partial charge on any atom is 0.0487 e. The van der Waals surface area contributed by atoms with Crippen LogP contribution in [0.5, 0.6) is 0 Å². The third-order valence-corrected chi connectivity index (χ3v) is 21.7. The minimum atomic E-state index is 1.19. The van der Waals surface area contributed by atoms with Gasteiger partial charge in [-0.25, -0.2) is 0 Å². The van der Waals surface area contributed by atoms with E-state index in [0.717, 1.165) is 0 Å². The first kappa shape index (κ1) is 73.6. The Morgan fingerprint density at radius 3 is 0.614 bits per heavy atom. The summed E-state index contributed by atoms with van der Waals surface area (Å²) in [6.45, 7) is 0. The minimum Gasteiger partial charge on any atom is -0.345 e. The van der Waals surface area contributed by atoms with E-state index in [2.05, 4.69) is 497 Å². The number of rotatable bonds is 12. The van der Waals surface area contributed by atoms with Crippen molar-refractivity contribution in [3.63, 3.8) is 0 Å². The Bertz CT molecular complexity index is 6460. The summed E-state index contributed by atoms with van der Waals surface area (Å²) in [5.41, 5.74) is 17.1. The van der Waals surface area contributed by atoms with Crippen molar-refractivity contribution in [3.05, 3.63) is 449 Å². The van der Waals surface area contributed by atoms with E-state index in [1.165, 1.54) is 165 Å². The van der Waals surface area contributed by atoms with Crippen molar-refractivity contribution in [1.82, 2.24) is 0 Å². The molecule has 0 spiro atoms. The van der Waals surface area contributed by atoms with Gasteiger partial charge in [-0.3, -0.25) is 0 Å². The van der Waals surface area contributed by atoms with Crippen LogP contribution in [-0.4, -0.2) is 35.2 Å². The molecule has 0 aliphatic heterocycles. The molecule has 0 fully saturated rings. The van der Waals surface area contributed by atoms with Crippen LogP contribution in [0, 0.1) is 0 Å². The molecule has 0 aromatic heterocycles. The summed E-state index contributed by atoms with van der Waals surface area (Å²) in [6.07, 6.45) is 0. The lowest BCUT2D eigenvalue weighted by atomic mass is 10.0. The highest BCUT2D eigenvalue weighted by Crippen LogP contribution is 2.39. The summed E-state index contributed by atoms with van der Waals surface area (Å²) < 4.78 is 0. The van der Waals surface area contributed by atoms with E-state index in [1.54, 1.807) is 0 Å². The van der Waals surface area contributed by atoms with Gasteiger partial charge in [0.1, 0.15) is 0 Å². The molecule has 5 nitrogen and oxygen atoms in total. The Morgan fingerprint density at radius 1 is 0.123 bits per heavy atom. The van der Waals surface area contributed by atoms with Gasteiger partial charge in [0, 0.05) is 114 Å². The largest absolute Gasteiger partial charge is 0.345 e. The fraction of sp³-hybridized carbons (Fsp3) is 0.0459.